The molecule has 0 unspecified atom stereocenters. The van der Waals surface area contributed by atoms with E-state index in [-0.39, 0.29) is 5.03 Å². The van der Waals surface area contributed by atoms with Crippen molar-refractivity contribution in [2.24, 2.45) is 0 Å². The highest BCUT2D eigenvalue weighted by molar-refractivity contribution is 7.90. The molecule has 1 aromatic heterocycles. The average molecular weight is 229 g/mol. The third kappa shape index (κ3) is 4.00. The van der Waals surface area contributed by atoms with Crippen LogP contribution in [-0.4, -0.2) is 19.7 Å². The Balaban J connectivity index is 0.000000921. The monoisotopic (exact) mass is 229 g/mol. The molecule has 0 spiro atoms. The minimum absolute atomic E-state index is 0.162. The summed E-state index contributed by atoms with van der Waals surface area (Å²) < 4.78 is 22.3. The standard InChI is InChI=1S/C9H13NO2S.C2H6/c1-4-8-5-9(13(3,11)12)10-6-7(8)2;1-2/h5-6H,4H2,1-3H3;1-2H3. The lowest BCUT2D eigenvalue weighted by Gasteiger charge is -2.03. The van der Waals surface area contributed by atoms with Crippen LogP contribution in [0.2, 0.25) is 0 Å². The Kier molecular flexibility index (Phi) is 5.50. The van der Waals surface area contributed by atoms with Crippen molar-refractivity contribution >= 4 is 9.84 Å². The second-order valence-corrected chi connectivity index (χ2v) is 5.04. The quantitative estimate of drug-likeness (QED) is 0.782. The topological polar surface area (TPSA) is 47.0 Å². The molecule has 1 heterocycles. The van der Waals surface area contributed by atoms with Crippen LogP contribution in [0.3, 0.4) is 0 Å². The Morgan fingerprint density at radius 3 is 2.27 bits per heavy atom. The first-order valence-corrected chi connectivity index (χ1v) is 7.00. The first kappa shape index (κ1) is 14.1. The van der Waals surface area contributed by atoms with Gasteiger partial charge in [0, 0.05) is 12.5 Å². The van der Waals surface area contributed by atoms with Crippen molar-refractivity contribution in [1.29, 1.82) is 0 Å². The van der Waals surface area contributed by atoms with E-state index in [1.54, 1.807) is 12.3 Å². The van der Waals surface area contributed by atoms with Gasteiger partial charge >= 0.3 is 0 Å². The summed E-state index contributed by atoms with van der Waals surface area (Å²) in [6.07, 6.45) is 3.61. The molecule has 0 aliphatic carbocycles. The second-order valence-electron chi connectivity index (χ2n) is 3.07. The van der Waals surface area contributed by atoms with Gasteiger partial charge in [0.1, 0.15) is 0 Å². The fourth-order valence-electron chi connectivity index (χ4n) is 1.13. The Labute approximate surface area is 92.5 Å². The van der Waals surface area contributed by atoms with Crippen molar-refractivity contribution in [1.82, 2.24) is 4.98 Å². The molecule has 0 radical (unpaired) electrons. The van der Waals surface area contributed by atoms with E-state index in [9.17, 15) is 8.42 Å². The van der Waals surface area contributed by atoms with Gasteiger partial charge in [0.25, 0.3) is 0 Å². The van der Waals surface area contributed by atoms with Crippen LogP contribution in [-0.2, 0) is 16.3 Å². The van der Waals surface area contributed by atoms with Crippen LogP contribution in [0.1, 0.15) is 31.9 Å². The zero-order chi connectivity index (χ0) is 12.1. The minimum atomic E-state index is -3.16. The first-order valence-electron chi connectivity index (χ1n) is 5.10. The molecule has 0 N–H and O–H groups in total. The van der Waals surface area contributed by atoms with Crippen molar-refractivity contribution in [3.63, 3.8) is 0 Å². The zero-order valence-corrected chi connectivity index (χ0v) is 10.9. The molecule has 86 valence electrons. The summed E-state index contributed by atoms with van der Waals surface area (Å²) in [5.41, 5.74) is 2.07. The van der Waals surface area contributed by atoms with Gasteiger partial charge in [0.2, 0.25) is 0 Å². The maximum Gasteiger partial charge on any atom is 0.192 e. The number of sulfone groups is 1. The van der Waals surface area contributed by atoms with Gasteiger partial charge in [-0.3, -0.25) is 0 Å². The average Bonchev–Trinajstić information content (AvgIpc) is 2.20. The zero-order valence-electron chi connectivity index (χ0n) is 10.0. The molecule has 0 aliphatic rings. The summed E-state index contributed by atoms with van der Waals surface area (Å²) in [6.45, 7) is 7.92. The van der Waals surface area contributed by atoms with Gasteiger partial charge in [-0.1, -0.05) is 20.8 Å². The lowest BCUT2D eigenvalue weighted by molar-refractivity contribution is 0.598. The van der Waals surface area contributed by atoms with Crippen LogP contribution in [0.4, 0.5) is 0 Å². The summed E-state index contributed by atoms with van der Waals surface area (Å²) in [4.78, 5) is 3.87. The smallest absolute Gasteiger partial charge is 0.192 e. The molecular weight excluding hydrogens is 210 g/mol. The fraction of sp³-hybridized carbons (Fsp3) is 0.545. The number of pyridine rings is 1. The molecule has 0 saturated heterocycles. The van der Waals surface area contributed by atoms with Crippen LogP contribution >= 0.6 is 0 Å². The second kappa shape index (κ2) is 5.85. The Morgan fingerprint density at radius 1 is 1.33 bits per heavy atom. The maximum absolute atomic E-state index is 11.1. The summed E-state index contributed by atoms with van der Waals surface area (Å²) in [6, 6.07) is 1.64. The molecule has 4 heteroatoms. The van der Waals surface area contributed by atoms with Gasteiger partial charge in [-0.2, -0.15) is 0 Å². The predicted octanol–water partition coefficient (Wildman–Crippen LogP) is 2.38. The molecule has 0 amide bonds. The van der Waals surface area contributed by atoms with Crippen LogP contribution in [0, 0.1) is 6.92 Å². The summed E-state index contributed by atoms with van der Waals surface area (Å²) in [5.74, 6) is 0. The summed E-state index contributed by atoms with van der Waals surface area (Å²) in [5, 5.41) is 0.162. The van der Waals surface area contributed by atoms with Gasteiger partial charge in [-0.05, 0) is 30.5 Å². The van der Waals surface area contributed by atoms with E-state index in [1.165, 1.54) is 6.26 Å². The lowest BCUT2D eigenvalue weighted by Crippen LogP contribution is -2.02. The molecule has 3 nitrogen and oxygen atoms in total. The van der Waals surface area contributed by atoms with E-state index in [0.717, 1.165) is 17.5 Å². The van der Waals surface area contributed by atoms with Gasteiger partial charge in [-0.25, -0.2) is 13.4 Å². The van der Waals surface area contributed by atoms with Crippen LogP contribution < -0.4 is 0 Å². The van der Waals surface area contributed by atoms with E-state index in [1.807, 2.05) is 27.7 Å². The third-order valence-electron chi connectivity index (χ3n) is 1.95. The van der Waals surface area contributed by atoms with E-state index >= 15 is 0 Å². The van der Waals surface area contributed by atoms with Crippen LogP contribution in [0.5, 0.6) is 0 Å². The van der Waals surface area contributed by atoms with Crippen molar-refractivity contribution in [2.75, 3.05) is 6.26 Å². The SMILES string of the molecule is CC.CCc1cc(S(C)(=O)=O)ncc1C. The van der Waals surface area contributed by atoms with Crippen molar-refractivity contribution in [3.05, 3.63) is 23.4 Å². The number of nitrogens with zero attached hydrogens (tertiary/aromatic N) is 1. The highest BCUT2D eigenvalue weighted by atomic mass is 32.2. The molecule has 1 aromatic rings. The molecule has 0 bridgehead atoms. The Bertz CT molecular complexity index is 411. The van der Waals surface area contributed by atoms with Crippen LogP contribution in [0.25, 0.3) is 0 Å². The van der Waals surface area contributed by atoms with Gasteiger partial charge in [-0.15, -0.1) is 0 Å². The lowest BCUT2D eigenvalue weighted by atomic mass is 10.1. The molecule has 0 atom stereocenters. The number of aromatic nitrogens is 1. The molecule has 15 heavy (non-hydrogen) atoms. The molecular formula is C11H19NO2S. The predicted molar refractivity (Wildman–Crippen MR) is 62.8 cm³/mol. The van der Waals surface area contributed by atoms with Gasteiger partial charge in [0.05, 0.1) is 0 Å². The Hall–Kier alpha value is -0.900. The van der Waals surface area contributed by atoms with E-state index in [2.05, 4.69) is 4.98 Å². The van der Waals surface area contributed by atoms with E-state index in [0.29, 0.717) is 0 Å². The first-order chi connectivity index (χ1) is 6.95. The number of hydrogen-bond acceptors (Lipinski definition) is 3. The fourth-order valence-corrected chi connectivity index (χ4v) is 1.73. The third-order valence-corrected chi connectivity index (χ3v) is 2.93. The Morgan fingerprint density at radius 2 is 1.87 bits per heavy atom. The molecule has 0 fully saturated rings. The van der Waals surface area contributed by atoms with Crippen molar-refractivity contribution in [3.8, 4) is 0 Å². The normalized spacial score (nSPS) is 10.5. The summed E-state index contributed by atoms with van der Waals surface area (Å²) in [7, 11) is -3.16. The number of aryl methyl sites for hydroxylation is 2. The van der Waals surface area contributed by atoms with Crippen molar-refractivity contribution < 1.29 is 8.42 Å². The highest BCUT2D eigenvalue weighted by Crippen LogP contribution is 2.12. The van der Waals surface area contributed by atoms with Gasteiger partial charge < -0.3 is 0 Å². The summed E-state index contributed by atoms with van der Waals surface area (Å²) >= 11 is 0. The van der Waals surface area contributed by atoms with E-state index in [4.69, 9.17) is 0 Å². The minimum Gasteiger partial charge on any atom is -0.244 e. The van der Waals surface area contributed by atoms with Gasteiger partial charge in [0.15, 0.2) is 14.9 Å². The van der Waals surface area contributed by atoms with Crippen molar-refractivity contribution in [2.45, 2.75) is 39.1 Å². The molecule has 0 saturated carbocycles. The highest BCUT2D eigenvalue weighted by Gasteiger charge is 2.09. The molecule has 0 aliphatic heterocycles. The maximum atomic E-state index is 11.1. The number of rotatable bonds is 2. The molecule has 0 aromatic carbocycles. The largest absolute Gasteiger partial charge is 0.244 e. The van der Waals surface area contributed by atoms with E-state index < -0.39 is 9.84 Å². The van der Waals surface area contributed by atoms with Crippen LogP contribution in [0.15, 0.2) is 17.3 Å². The number of hydrogen-bond donors (Lipinski definition) is 0. The molecule has 1 rings (SSSR count).